The Kier molecular flexibility index (Phi) is 4.18. The van der Waals surface area contributed by atoms with Gasteiger partial charge in [-0.2, -0.15) is 0 Å². The smallest absolute Gasteiger partial charge is 0.274 e. The van der Waals surface area contributed by atoms with Crippen molar-refractivity contribution in [2.75, 3.05) is 11.4 Å². The zero-order chi connectivity index (χ0) is 16.2. The summed E-state index contributed by atoms with van der Waals surface area (Å²) in [6, 6.07) is 5.84. The maximum Gasteiger partial charge on any atom is 0.274 e. The van der Waals surface area contributed by atoms with Gasteiger partial charge in [0.15, 0.2) is 5.69 Å². The van der Waals surface area contributed by atoms with Crippen molar-refractivity contribution in [2.24, 2.45) is 0 Å². The monoisotopic (exact) mass is 312 g/mol. The van der Waals surface area contributed by atoms with Crippen LogP contribution in [0.1, 0.15) is 23.3 Å². The van der Waals surface area contributed by atoms with Crippen molar-refractivity contribution < 1.29 is 14.7 Å². The van der Waals surface area contributed by atoms with Gasteiger partial charge in [0.25, 0.3) is 5.91 Å². The van der Waals surface area contributed by atoms with Gasteiger partial charge in [-0.1, -0.05) is 0 Å². The van der Waals surface area contributed by atoms with E-state index in [1.165, 1.54) is 18.3 Å². The van der Waals surface area contributed by atoms with Gasteiger partial charge in [-0.3, -0.25) is 14.6 Å². The van der Waals surface area contributed by atoms with Gasteiger partial charge in [0.1, 0.15) is 11.8 Å². The molecule has 1 atom stereocenters. The highest BCUT2D eigenvalue weighted by Crippen LogP contribution is 2.20. The zero-order valence-electron chi connectivity index (χ0n) is 12.3. The Hall–Kier alpha value is -2.96. The number of amides is 2. The lowest BCUT2D eigenvalue weighted by Crippen LogP contribution is -2.52. The van der Waals surface area contributed by atoms with Gasteiger partial charge in [0.2, 0.25) is 5.91 Å². The molecule has 2 aromatic heterocycles. The quantitative estimate of drug-likeness (QED) is 0.885. The van der Waals surface area contributed by atoms with E-state index in [1.54, 1.807) is 29.4 Å². The van der Waals surface area contributed by atoms with Crippen molar-refractivity contribution in [3.8, 4) is 5.75 Å². The first kappa shape index (κ1) is 15.0. The Morgan fingerprint density at radius 2 is 2.13 bits per heavy atom. The maximum atomic E-state index is 12.6. The molecule has 3 rings (SSSR count). The van der Waals surface area contributed by atoms with Crippen LogP contribution in [0.2, 0.25) is 0 Å². The van der Waals surface area contributed by atoms with Crippen LogP contribution in [0.4, 0.5) is 5.69 Å². The molecule has 1 aliphatic rings. The molecule has 0 bridgehead atoms. The second-order valence-electron chi connectivity index (χ2n) is 5.24. The van der Waals surface area contributed by atoms with Crippen LogP contribution >= 0.6 is 0 Å². The minimum atomic E-state index is -0.641. The summed E-state index contributed by atoms with van der Waals surface area (Å²) in [6.07, 6.45) is 5.99. The van der Waals surface area contributed by atoms with E-state index in [0.29, 0.717) is 18.7 Å². The average molecular weight is 312 g/mol. The van der Waals surface area contributed by atoms with Gasteiger partial charge in [0, 0.05) is 18.9 Å². The molecule has 7 nitrogen and oxygen atoms in total. The van der Waals surface area contributed by atoms with E-state index >= 15 is 0 Å². The fourth-order valence-corrected chi connectivity index (χ4v) is 2.58. The summed E-state index contributed by atoms with van der Waals surface area (Å²) >= 11 is 0. The third-order valence-electron chi connectivity index (χ3n) is 3.70. The van der Waals surface area contributed by atoms with Gasteiger partial charge in [-0.05, 0) is 37.1 Å². The van der Waals surface area contributed by atoms with Gasteiger partial charge in [-0.25, -0.2) is 4.98 Å². The molecule has 2 amide bonds. The number of hydrogen-bond acceptors (Lipinski definition) is 5. The van der Waals surface area contributed by atoms with Crippen LogP contribution in [0.25, 0.3) is 0 Å². The number of nitrogens with one attached hydrogen (secondary N) is 1. The summed E-state index contributed by atoms with van der Waals surface area (Å²) in [5.74, 6) is -0.958. The SMILES string of the molecule is O=C(NC1CCCN(c2cccnc2)C1=O)c1ncccc1O. The Morgan fingerprint density at radius 1 is 1.30 bits per heavy atom. The summed E-state index contributed by atoms with van der Waals surface area (Å²) in [5, 5.41) is 12.3. The minimum Gasteiger partial charge on any atom is -0.505 e. The maximum absolute atomic E-state index is 12.6. The number of aromatic nitrogens is 2. The van der Waals surface area contributed by atoms with Crippen LogP contribution in [-0.4, -0.2) is 39.5 Å². The van der Waals surface area contributed by atoms with Crippen molar-refractivity contribution in [2.45, 2.75) is 18.9 Å². The van der Waals surface area contributed by atoms with Crippen LogP contribution in [-0.2, 0) is 4.79 Å². The largest absolute Gasteiger partial charge is 0.505 e. The summed E-state index contributed by atoms with van der Waals surface area (Å²) in [6.45, 7) is 0.589. The molecule has 118 valence electrons. The molecule has 23 heavy (non-hydrogen) atoms. The number of rotatable bonds is 3. The number of pyridine rings is 2. The van der Waals surface area contributed by atoms with Crippen LogP contribution < -0.4 is 10.2 Å². The van der Waals surface area contributed by atoms with E-state index in [1.807, 2.05) is 0 Å². The highest BCUT2D eigenvalue weighted by Gasteiger charge is 2.31. The van der Waals surface area contributed by atoms with E-state index in [-0.39, 0.29) is 17.4 Å². The number of carbonyl (C=O) groups is 2. The standard InChI is InChI=1S/C16H16N4O3/c21-13-6-2-8-18-14(13)15(22)19-12-5-3-9-20(16(12)23)11-4-1-7-17-10-11/h1-2,4,6-8,10,12,21H,3,5,9H2,(H,19,22). The van der Waals surface area contributed by atoms with Crippen LogP contribution in [0.3, 0.4) is 0 Å². The molecule has 0 aliphatic carbocycles. The second kappa shape index (κ2) is 6.43. The second-order valence-corrected chi connectivity index (χ2v) is 5.24. The van der Waals surface area contributed by atoms with E-state index in [2.05, 4.69) is 15.3 Å². The van der Waals surface area contributed by atoms with Crippen molar-refractivity contribution >= 4 is 17.5 Å². The van der Waals surface area contributed by atoms with E-state index in [4.69, 9.17) is 0 Å². The topological polar surface area (TPSA) is 95.4 Å². The summed E-state index contributed by atoms with van der Waals surface area (Å²) in [5.41, 5.74) is 0.621. The first-order valence-electron chi connectivity index (χ1n) is 7.33. The number of anilines is 1. The van der Waals surface area contributed by atoms with Gasteiger partial charge in [-0.15, -0.1) is 0 Å². The fraction of sp³-hybridized carbons (Fsp3) is 0.250. The molecule has 7 heteroatoms. The molecule has 0 saturated carbocycles. The molecular weight excluding hydrogens is 296 g/mol. The Balaban J connectivity index is 1.74. The van der Waals surface area contributed by atoms with Crippen molar-refractivity contribution in [1.82, 2.24) is 15.3 Å². The highest BCUT2D eigenvalue weighted by molar-refractivity contribution is 6.02. The van der Waals surface area contributed by atoms with E-state index in [0.717, 1.165) is 6.42 Å². The Labute approximate surface area is 133 Å². The van der Waals surface area contributed by atoms with Crippen molar-refractivity contribution in [3.05, 3.63) is 48.5 Å². The lowest BCUT2D eigenvalue weighted by atomic mass is 10.0. The molecule has 1 fully saturated rings. The third kappa shape index (κ3) is 3.13. The predicted octanol–water partition coefficient (Wildman–Crippen LogP) is 1.11. The van der Waals surface area contributed by atoms with Crippen molar-refractivity contribution in [3.63, 3.8) is 0 Å². The molecule has 0 aromatic carbocycles. The molecule has 2 N–H and O–H groups in total. The summed E-state index contributed by atoms with van der Waals surface area (Å²) in [7, 11) is 0. The summed E-state index contributed by atoms with van der Waals surface area (Å²) < 4.78 is 0. The third-order valence-corrected chi connectivity index (χ3v) is 3.70. The van der Waals surface area contributed by atoms with Crippen LogP contribution in [0.5, 0.6) is 5.75 Å². The number of aromatic hydroxyl groups is 1. The molecule has 0 radical (unpaired) electrons. The van der Waals surface area contributed by atoms with E-state index < -0.39 is 11.9 Å². The molecule has 1 unspecified atom stereocenters. The first-order chi connectivity index (χ1) is 11.2. The van der Waals surface area contributed by atoms with Gasteiger partial charge in [0.05, 0.1) is 11.9 Å². The van der Waals surface area contributed by atoms with Crippen molar-refractivity contribution in [1.29, 1.82) is 0 Å². The lowest BCUT2D eigenvalue weighted by Gasteiger charge is -2.32. The fourth-order valence-electron chi connectivity index (χ4n) is 2.58. The number of hydrogen-bond donors (Lipinski definition) is 2. The molecule has 3 heterocycles. The van der Waals surface area contributed by atoms with Gasteiger partial charge >= 0.3 is 0 Å². The normalized spacial score (nSPS) is 17.8. The summed E-state index contributed by atoms with van der Waals surface area (Å²) in [4.78, 5) is 34.3. The average Bonchev–Trinajstić information content (AvgIpc) is 2.58. The zero-order valence-corrected chi connectivity index (χ0v) is 12.3. The van der Waals surface area contributed by atoms with E-state index in [9.17, 15) is 14.7 Å². The van der Waals surface area contributed by atoms with Crippen LogP contribution in [0.15, 0.2) is 42.9 Å². The Morgan fingerprint density at radius 3 is 2.87 bits per heavy atom. The number of nitrogens with zero attached hydrogens (tertiary/aromatic N) is 3. The van der Waals surface area contributed by atoms with Gasteiger partial charge < -0.3 is 15.3 Å². The van der Waals surface area contributed by atoms with Crippen LogP contribution in [0, 0.1) is 0 Å². The molecular formula is C16H16N4O3. The number of carbonyl (C=O) groups excluding carboxylic acids is 2. The first-order valence-corrected chi connectivity index (χ1v) is 7.33. The molecule has 0 spiro atoms. The Bertz CT molecular complexity index is 720. The lowest BCUT2D eigenvalue weighted by molar-refractivity contribution is -0.121. The minimum absolute atomic E-state index is 0.0844. The molecule has 2 aromatic rings. The predicted molar refractivity (Wildman–Crippen MR) is 83.0 cm³/mol. The molecule has 1 saturated heterocycles. The highest BCUT2D eigenvalue weighted by atomic mass is 16.3. The molecule has 1 aliphatic heterocycles. The number of piperidine rings is 1.